The van der Waals surface area contributed by atoms with Crippen molar-refractivity contribution in [2.45, 2.75) is 39.5 Å². The Balaban J connectivity index is -0.0000000453. The zero-order valence-corrected chi connectivity index (χ0v) is 17.7. The maximum absolute atomic E-state index is 7.56. The van der Waals surface area contributed by atoms with E-state index in [0.717, 1.165) is 12.8 Å². The fraction of sp³-hybridized carbons (Fsp3) is 0.750. The van der Waals surface area contributed by atoms with Gasteiger partial charge in [0.05, 0.1) is 0 Å². The average molecular weight is 408 g/mol. The van der Waals surface area contributed by atoms with Crippen molar-refractivity contribution in [3.05, 3.63) is 13.8 Å². The average Bonchev–Trinajstić information content (AvgIpc) is 2.12. The molecule has 0 spiro atoms. The molecule has 0 rings (SSSR count). The second kappa shape index (κ2) is 22.0. The molecule has 0 heterocycles. The van der Waals surface area contributed by atoms with Gasteiger partial charge in [0.1, 0.15) is 0 Å². The monoisotopic (exact) mass is 406 g/mol. The fourth-order valence-electron chi connectivity index (χ4n) is 0. The summed E-state index contributed by atoms with van der Waals surface area (Å²) in [6.07, 6.45) is 4.56. The van der Waals surface area contributed by atoms with Crippen LogP contribution in [0.2, 0.25) is 0 Å². The minimum atomic E-state index is -3.81. The molecule has 0 saturated carbocycles. The summed E-state index contributed by atoms with van der Waals surface area (Å²) in [6.45, 7) is 3.83. The van der Waals surface area contributed by atoms with Gasteiger partial charge in [0.15, 0.2) is 0 Å². The van der Waals surface area contributed by atoms with Crippen molar-refractivity contribution < 1.29 is 48.8 Å². The van der Waals surface area contributed by atoms with Crippen LogP contribution in [0.25, 0.3) is 0 Å². The molecule has 0 radical (unpaired) electrons. The maximum Gasteiger partial charge on any atom is 2.00 e. The van der Waals surface area contributed by atoms with Gasteiger partial charge < -0.3 is 43.2 Å². The molecule has 0 unspecified atom stereocenters. The molecule has 0 fully saturated rings. The molecule has 19 heavy (non-hydrogen) atoms. The number of hydrogen-bond donors (Lipinski definition) is 6. The molecule has 0 aliphatic heterocycles. The third kappa shape index (κ3) is 454. The molecule has 11 heteroatoms. The van der Waals surface area contributed by atoms with E-state index in [1.807, 2.05) is 0 Å². The van der Waals surface area contributed by atoms with Gasteiger partial charge in [-0.25, -0.2) is 0 Å². The van der Waals surface area contributed by atoms with Crippen molar-refractivity contribution in [2.75, 3.05) is 0 Å². The van der Waals surface area contributed by atoms with Crippen molar-refractivity contribution in [1.29, 1.82) is 0 Å². The third-order valence-electron chi connectivity index (χ3n) is 0.707. The molecule has 0 amide bonds. The van der Waals surface area contributed by atoms with Gasteiger partial charge in [-0.3, -0.25) is 0 Å². The molecule has 0 saturated heterocycles. The van der Waals surface area contributed by atoms with Crippen LogP contribution in [0.1, 0.15) is 39.5 Å². The predicted molar refractivity (Wildman–Crippen MR) is 82.4 cm³/mol. The number of hydrogen-bond acceptors (Lipinski definition) is 2. The Kier molecular flexibility index (Phi) is 37.7. The maximum atomic E-state index is 7.56. The zero-order chi connectivity index (χ0) is 15.8. The Morgan fingerprint density at radius 1 is 0.737 bits per heavy atom. The Hall–Kier alpha value is 1.68. The Morgan fingerprint density at radius 2 is 0.789 bits per heavy atom. The topological polar surface area (TPSA) is 121 Å². The van der Waals surface area contributed by atoms with E-state index < -0.39 is 13.4 Å². The van der Waals surface area contributed by atoms with Crippen LogP contribution >= 0.6 is 13.4 Å². The van der Waals surface area contributed by atoms with E-state index in [-0.39, 0.29) is 19.5 Å². The van der Waals surface area contributed by atoms with Gasteiger partial charge in [0.2, 0.25) is 0 Å². The standard InChI is InChI=1S/2C4H9.2H3O3PS.Zn/c2*1-3-4-2;2*1-4(2,3)5;/h2*1,3-4H2,2H3;2*(H3,1,2,3,5);/q2*-1;;;+2. The van der Waals surface area contributed by atoms with Crippen molar-refractivity contribution >= 4 is 37.1 Å². The molecule has 0 aliphatic rings. The molecule has 6 N–H and O–H groups in total. The zero-order valence-electron chi connectivity index (χ0n) is 11.3. The Bertz CT molecular complexity index is 189. The van der Waals surface area contributed by atoms with Gasteiger partial charge in [-0.1, -0.05) is 26.7 Å². The van der Waals surface area contributed by atoms with E-state index in [1.165, 1.54) is 12.8 Å². The number of rotatable bonds is 2. The second-order valence-corrected chi connectivity index (χ2v) is 7.73. The van der Waals surface area contributed by atoms with Crippen molar-refractivity contribution in [3.63, 3.8) is 0 Å². The van der Waals surface area contributed by atoms with Gasteiger partial charge in [-0.2, -0.15) is 12.8 Å². The first kappa shape index (κ1) is 32.6. The summed E-state index contributed by atoms with van der Waals surface area (Å²) in [6, 6.07) is 0. The van der Waals surface area contributed by atoms with Crippen LogP contribution in [-0.2, 0) is 43.1 Å². The van der Waals surface area contributed by atoms with E-state index in [4.69, 9.17) is 29.4 Å². The molecule has 116 valence electrons. The van der Waals surface area contributed by atoms with E-state index in [1.54, 1.807) is 0 Å². The van der Waals surface area contributed by atoms with Gasteiger partial charge >= 0.3 is 32.9 Å². The molecular formula is C8H24O6P2S2Zn. The van der Waals surface area contributed by atoms with Crippen LogP contribution < -0.4 is 0 Å². The fourth-order valence-corrected chi connectivity index (χ4v) is 0. The summed E-state index contributed by atoms with van der Waals surface area (Å²) in [5.41, 5.74) is 0. The van der Waals surface area contributed by atoms with Gasteiger partial charge in [-0.15, -0.1) is 0 Å². The van der Waals surface area contributed by atoms with E-state index >= 15 is 0 Å². The summed E-state index contributed by atoms with van der Waals surface area (Å²) >= 11 is 7.21. The van der Waals surface area contributed by atoms with Crippen molar-refractivity contribution in [3.8, 4) is 0 Å². The first-order valence-corrected chi connectivity index (χ1v) is 10.3. The van der Waals surface area contributed by atoms with Crippen LogP contribution in [0, 0.1) is 13.8 Å². The summed E-state index contributed by atoms with van der Waals surface area (Å²) < 4.78 is 0. The third-order valence-corrected chi connectivity index (χ3v) is 0.707. The minimum Gasteiger partial charge on any atom is -0.343 e. The summed E-state index contributed by atoms with van der Waals surface area (Å²) in [5.74, 6) is 0. The van der Waals surface area contributed by atoms with E-state index in [9.17, 15) is 0 Å². The molecule has 0 aromatic carbocycles. The smallest absolute Gasteiger partial charge is 0.343 e. The molecule has 0 aromatic rings. The Labute approximate surface area is 139 Å². The van der Waals surface area contributed by atoms with Crippen LogP contribution in [-0.4, -0.2) is 29.4 Å². The largest absolute Gasteiger partial charge is 2.00 e. The Morgan fingerprint density at radius 3 is 0.789 bits per heavy atom. The molecule has 0 atom stereocenters. The van der Waals surface area contributed by atoms with E-state index in [0.29, 0.717) is 0 Å². The normalized spacial score (nSPS) is 9.37. The van der Waals surface area contributed by atoms with Crippen molar-refractivity contribution in [2.24, 2.45) is 0 Å². The SMILES string of the molecule is OP(O)(O)=S.OP(O)(O)=S.[CH2-]CCC.[CH2-]CCC.[Zn+2]. The number of unbranched alkanes of at least 4 members (excludes halogenated alkanes) is 2. The molecule has 0 aliphatic carbocycles. The quantitative estimate of drug-likeness (QED) is 0.232. The predicted octanol–water partition coefficient (Wildman–Crippen LogP) is 1.61. The first-order chi connectivity index (χ1) is 7.83. The van der Waals surface area contributed by atoms with Gasteiger partial charge in [-0.05, 0) is 23.6 Å². The molecule has 6 nitrogen and oxygen atoms in total. The summed E-state index contributed by atoms with van der Waals surface area (Å²) in [7, 11) is 0. The first-order valence-electron chi connectivity index (χ1n) is 4.98. The van der Waals surface area contributed by atoms with Crippen LogP contribution in [0.15, 0.2) is 0 Å². The van der Waals surface area contributed by atoms with Crippen molar-refractivity contribution in [1.82, 2.24) is 0 Å². The van der Waals surface area contributed by atoms with Gasteiger partial charge in [0.25, 0.3) is 0 Å². The molecule has 0 aromatic heterocycles. The summed E-state index contributed by atoms with van der Waals surface area (Å²) in [4.78, 5) is 45.3. The van der Waals surface area contributed by atoms with Gasteiger partial charge in [0, 0.05) is 0 Å². The van der Waals surface area contributed by atoms with Crippen LogP contribution in [0.3, 0.4) is 0 Å². The van der Waals surface area contributed by atoms with E-state index in [2.05, 4.69) is 51.3 Å². The van der Waals surface area contributed by atoms with Crippen LogP contribution in [0.5, 0.6) is 0 Å². The second-order valence-electron chi connectivity index (χ2n) is 2.73. The summed E-state index contributed by atoms with van der Waals surface area (Å²) in [5, 5.41) is 0. The molecular weight excluding hydrogens is 384 g/mol. The molecule has 0 bridgehead atoms. The minimum absolute atomic E-state index is 0. The van der Waals surface area contributed by atoms with Crippen LogP contribution in [0.4, 0.5) is 0 Å².